The Kier molecular flexibility index (Phi) is 2.89. The van der Waals surface area contributed by atoms with Crippen molar-refractivity contribution in [3.05, 3.63) is 11.8 Å². The molecule has 2 N–H and O–H groups in total. The van der Waals surface area contributed by atoms with Gasteiger partial charge in [-0.2, -0.15) is 0 Å². The second-order valence-corrected chi connectivity index (χ2v) is 3.71. The number of hydrogen-bond acceptors (Lipinski definition) is 3. The molecule has 0 bridgehead atoms. The maximum absolute atomic E-state index is 11.6. The Bertz CT molecular complexity index is 344. The molecular formula is C10H15N3O2. The van der Waals surface area contributed by atoms with Crippen molar-refractivity contribution in [2.24, 2.45) is 5.92 Å². The quantitative estimate of drug-likeness (QED) is 0.758. The number of carbonyl (C=O) groups excluding carboxylic acids is 1. The van der Waals surface area contributed by atoms with Crippen LogP contribution < -0.4 is 10.1 Å². The predicted molar refractivity (Wildman–Crippen MR) is 54.8 cm³/mol. The van der Waals surface area contributed by atoms with E-state index in [-0.39, 0.29) is 5.91 Å². The number of aromatic nitrogens is 2. The summed E-state index contributed by atoms with van der Waals surface area (Å²) in [5, 5.41) is 9.36. The van der Waals surface area contributed by atoms with E-state index in [0.29, 0.717) is 24.1 Å². The first-order chi connectivity index (χ1) is 7.29. The molecule has 0 unspecified atom stereocenters. The van der Waals surface area contributed by atoms with E-state index < -0.39 is 0 Å². The zero-order valence-electron chi connectivity index (χ0n) is 8.75. The van der Waals surface area contributed by atoms with Gasteiger partial charge in [0.1, 0.15) is 5.69 Å². The van der Waals surface area contributed by atoms with Crippen LogP contribution in [0.25, 0.3) is 0 Å². The van der Waals surface area contributed by atoms with E-state index in [4.69, 9.17) is 4.74 Å². The first-order valence-electron chi connectivity index (χ1n) is 5.26. The summed E-state index contributed by atoms with van der Waals surface area (Å²) in [5.41, 5.74) is 0.458. The summed E-state index contributed by atoms with van der Waals surface area (Å²) in [6.45, 7) is 3.19. The Hall–Kier alpha value is -1.52. The molecule has 5 nitrogen and oxygen atoms in total. The van der Waals surface area contributed by atoms with Crippen molar-refractivity contribution in [1.82, 2.24) is 15.5 Å². The molecule has 5 heteroatoms. The van der Waals surface area contributed by atoms with Crippen molar-refractivity contribution in [2.75, 3.05) is 13.2 Å². The molecule has 1 aromatic rings. The van der Waals surface area contributed by atoms with Crippen molar-refractivity contribution in [3.63, 3.8) is 0 Å². The normalized spacial score (nSPS) is 15.0. The molecule has 1 saturated carbocycles. The molecular weight excluding hydrogens is 194 g/mol. The van der Waals surface area contributed by atoms with Gasteiger partial charge in [-0.05, 0) is 25.7 Å². The largest absolute Gasteiger partial charge is 0.477 e. The maximum Gasteiger partial charge on any atom is 0.269 e. The number of hydrogen-bond donors (Lipinski definition) is 2. The molecule has 1 aliphatic rings. The van der Waals surface area contributed by atoms with Crippen LogP contribution in [0.3, 0.4) is 0 Å². The molecule has 1 amide bonds. The molecule has 1 fully saturated rings. The molecule has 82 valence electrons. The van der Waals surface area contributed by atoms with E-state index >= 15 is 0 Å². The molecule has 1 aromatic heterocycles. The first-order valence-corrected chi connectivity index (χ1v) is 5.26. The first kappa shape index (κ1) is 10.0. The third kappa shape index (κ3) is 2.71. The van der Waals surface area contributed by atoms with E-state index in [1.807, 2.05) is 6.92 Å². The van der Waals surface area contributed by atoms with Gasteiger partial charge in [0.05, 0.1) is 6.61 Å². The summed E-state index contributed by atoms with van der Waals surface area (Å²) in [7, 11) is 0. The fourth-order valence-corrected chi connectivity index (χ4v) is 1.30. The van der Waals surface area contributed by atoms with Gasteiger partial charge in [-0.25, -0.2) is 0 Å². The minimum absolute atomic E-state index is 0.111. The van der Waals surface area contributed by atoms with Crippen LogP contribution in [-0.2, 0) is 0 Å². The van der Waals surface area contributed by atoms with Gasteiger partial charge in [-0.1, -0.05) is 0 Å². The van der Waals surface area contributed by atoms with Crippen LogP contribution in [0.2, 0.25) is 0 Å². The molecule has 2 rings (SSSR count). The molecule has 0 radical (unpaired) electrons. The molecule has 0 aliphatic heterocycles. The number of nitrogens with one attached hydrogen (secondary N) is 2. The highest BCUT2D eigenvalue weighted by atomic mass is 16.5. The van der Waals surface area contributed by atoms with Crippen molar-refractivity contribution in [1.29, 1.82) is 0 Å². The molecule has 1 aliphatic carbocycles. The second kappa shape index (κ2) is 4.33. The zero-order chi connectivity index (χ0) is 10.7. The van der Waals surface area contributed by atoms with Crippen molar-refractivity contribution < 1.29 is 9.53 Å². The highest BCUT2D eigenvalue weighted by Gasteiger charge is 2.22. The van der Waals surface area contributed by atoms with Gasteiger partial charge < -0.3 is 10.1 Å². The van der Waals surface area contributed by atoms with E-state index in [1.54, 1.807) is 6.07 Å². The van der Waals surface area contributed by atoms with Gasteiger partial charge >= 0.3 is 0 Å². The zero-order valence-corrected chi connectivity index (χ0v) is 8.75. The summed E-state index contributed by atoms with van der Waals surface area (Å²) in [5.74, 6) is 1.04. The number of aromatic amines is 1. The molecule has 15 heavy (non-hydrogen) atoms. The number of carbonyl (C=O) groups is 1. The average molecular weight is 209 g/mol. The highest BCUT2D eigenvalue weighted by Crippen LogP contribution is 2.27. The fraction of sp³-hybridized carbons (Fsp3) is 0.600. The van der Waals surface area contributed by atoms with Crippen molar-refractivity contribution >= 4 is 5.91 Å². The number of ether oxygens (including phenoxy) is 1. The predicted octanol–water partition coefficient (Wildman–Crippen LogP) is 0.948. The summed E-state index contributed by atoms with van der Waals surface area (Å²) >= 11 is 0. The van der Waals surface area contributed by atoms with Crippen LogP contribution in [0.1, 0.15) is 30.3 Å². The molecule has 0 aromatic carbocycles. The SMILES string of the molecule is CCOc1cc(C(=O)NCC2CC2)[nH]n1. The molecule has 0 atom stereocenters. The van der Waals surface area contributed by atoms with Gasteiger partial charge in [-0.3, -0.25) is 9.89 Å². The van der Waals surface area contributed by atoms with Crippen molar-refractivity contribution in [3.8, 4) is 5.88 Å². The van der Waals surface area contributed by atoms with E-state index in [9.17, 15) is 4.79 Å². The van der Waals surface area contributed by atoms with Gasteiger partial charge in [-0.15, -0.1) is 5.10 Å². The van der Waals surface area contributed by atoms with Crippen LogP contribution in [0.5, 0.6) is 5.88 Å². The number of nitrogens with zero attached hydrogens (tertiary/aromatic N) is 1. The second-order valence-electron chi connectivity index (χ2n) is 3.71. The van der Waals surface area contributed by atoms with Crippen LogP contribution in [0, 0.1) is 5.92 Å². The van der Waals surface area contributed by atoms with E-state index in [0.717, 1.165) is 6.54 Å². The third-order valence-corrected chi connectivity index (χ3v) is 2.34. The Morgan fingerprint density at radius 3 is 3.20 bits per heavy atom. The van der Waals surface area contributed by atoms with Crippen LogP contribution in [0.4, 0.5) is 0 Å². The van der Waals surface area contributed by atoms with Crippen molar-refractivity contribution in [2.45, 2.75) is 19.8 Å². The lowest BCUT2D eigenvalue weighted by atomic mass is 10.3. The summed E-state index contributed by atoms with van der Waals surface area (Å²) < 4.78 is 5.15. The Morgan fingerprint density at radius 2 is 2.53 bits per heavy atom. The smallest absolute Gasteiger partial charge is 0.269 e. The number of rotatable bonds is 5. The third-order valence-electron chi connectivity index (χ3n) is 2.34. The summed E-state index contributed by atoms with van der Waals surface area (Å²) in [6.07, 6.45) is 2.46. The maximum atomic E-state index is 11.6. The summed E-state index contributed by atoms with van der Waals surface area (Å²) in [4.78, 5) is 11.6. The Labute approximate surface area is 88.2 Å². The molecule has 1 heterocycles. The van der Waals surface area contributed by atoms with Crippen LogP contribution in [-0.4, -0.2) is 29.3 Å². The fourth-order valence-electron chi connectivity index (χ4n) is 1.30. The monoisotopic (exact) mass is 209 g/mol. The lowest BCUT2D eigenvalue weighted by Gasteiger charge is -2.00. The minimum Gasteiger partial charge on any atom is -0.477 e. The van der Waals surface area contributed by atoms with Crippen LogP contribution in [0.15, 0.2) is 6.07 Å². The van der Waals surface area contributed by atoms with Gasteiger partial charge in [0.2, 0.25) is 5.88 Å². The average Bonchev–Trinajstić information content (AvgIpc) is 2.94. The topological polar surface area (TPSA) is 67.0 Å². The number of H-pyrrole nitrogens is 1. The lowest BCUT2D eigenvalue weighted by molar-refractivity contribution is 0.0946. The number of amides is 1. The Morgan fingerprint density at radius 1 is 1.73 bits per heavy atom. The highest BCUT2D eigenvalue weighted by molar-refractivity contribution is 5.92. The summed E-state index contributed by atoms with van der Waals surface area (Å²) in [6, 6.07) is 1.62. The van der Waals surface area contributed by atoms with Crippen LogP contribution >= 0.6 is 0 Å². The van der Waals surface area contributed by atoms with Gasteiger partial charge in [0, 0.05) is 12.6 Å². The lowest BCUT2D eigenvalue weighted by Crippen LogP contribution is -2.25. The van der Waals surface area contributed by atoms with E-state index in [1.165, 1.54) is 12.8 Å². The van der Waals surface area contributed by atoms with Gasteiger partial charge in [0.15, 0.2) is 0 Å². The minimum atomic E-state index is -0.111. The molecule has 0 spiro atoms. The van der Waals surface area contributed by atoms with Gasteiger partial charge in [0.25, 0.3) is 5.91 Å². The standard InChI is InChI=1S/C10H15N3O2/c1-2-15-9-5-8(12-13-9)10(14)11-6-7-3-4-7/h5,7H,2-4,6H2,1H3,(H,11,14)(H,12,13). The molecule has 0 saturated heterocycles. The van der Waals surface area contributed by atoms with E-state index in [2.05, 4.69) is 15.5 Å². The Balaban J connectivity index is 1.86.